The molecule has 0 aromatic heterocycles. The van der Waals surface area contributed by atoms with Gasteiger partial charge < -0.3 is 4.74 Å². The molecule has 0 atom stereocenters. The first-order valence-electron chi connectivity index (χ1n) is 5.58. The van der Waals surface area contributed by atoms with E-state index in [1.54, 1.807) is 0 Å². The summed E-state index contributed by atoms with van der Waals surface area (Å²) < 4.78 is 5.54. The molecular weight excluding hydrogens is 184 g/mol. The minimum Gasteiger partial charge on any atom is -0.494 e. The Hall–Kier alpha value is -1.24. The van der Waals surface area contributed by atoms with Crippen LogP contribution in [0.2, 0.25) is 0 Å². The van der Waals surface area contributed by atoms with Gasteiger partial charge in [0.05, 0.1) is 6.61 Å². The molecule has 0 radical (unpaired) electrons. The van der Waals surface area contributed by atoms with Gasteiger partial charge in [-0.25, -0.2) is 0 Å². The van der Waals surface area contributed by atoms with Crippen molar-refractivity contribution in [2.45, 2.75) is 33.6 Å². The van der Waals surface area contributed by atoms with Gasteiger partial charge in [0.25, 0.3) is 0 Å². The summed E-state index contributed by atoms with van der Waals surface area (Å²) in [5.41, 5.74) is 2.52. The summed E-state index contributed by atoms with van der Waals surface area (Å²) in [6, 6.07) is 8.59. The van der Waals surface area contributed by atoms with Crippen molar-refractivity contribution in [2.75, 3.05) is 6.61 Å². The Bertz CT molecular complexity index is 320. The zero-order valence-corrected chi connectivity index (χ0v) is 10.1. The van der Waals surface area contributed by atoms with E-state index in [1.807, 2.05) is 19.9 Å². The molecule has 1 aromatic carbocycles. The summed E-state index contributed by atoms with van der Waals surface area (Å²) in [6.07, 6.45) is 2.01. The fourth-order valence-electron chi connectivity index (χ4n) is 1.52. The van der Waals surface area contributed by atoms with Gasteiger partial charge in [0.15, 0.2) is 0 Å². The molecule has 1 nitrogen and oxygen atoms in total. The largest absolute Gasteiger partial charge is 0.494 e. The summed E-state index contributed by atoms with van der Waals surface area (Å²) in [7, 11) is 0. The molecule has 0 fully saturated rings. The van der Waals surface area contributed by atoms with Crippen molar-refractivity contribution in [3.8, 4) is 0 Å². The molecule has 0 heterocycles. The number of hydrogen-bond acceptors (Lipinski definition) is 1. The van der Waals surface area contributed by atoms with E-state index < -0.39 is 0 Å². The second-order valence-electron chi connectivity index (χ2n) is 3.86. The fraction of sp³-hybridized carbons (Fsp3) is 0.429. The van der Waals surface area contributed by atoms with Crippen LogP contribution < -0.4 is 0 Å². The maximum atomic E-state index is 5.54. The highest BCUT2D eigenvalue weighted by atomic mass is 16.5. The highest BCUT2D eigenvalue weighted by molar-refractivity contribution is 5.59. The van der Waals surface area contributed by atoms with E-state index >= 15 is 0 Å². The van der Waals surface area contributed by atoms with Gasteiger partial charge >= 0.3 is 0 Å². The Kier molecular flexibility index (Phi) is 4.41. The number of hydrogen-bond donors (Lipinski definition) is 0. The molecule has 0 aliphatic heterocycles. The quantitative estimate of drug-likeness (QED) is 0.668. The Balaban J connectivity index is 2.87. The number of ether oxygens (including phenoxy) is 1. The lowest BCUT2D eigenvalue weighted by Gasteiger charge is -2.10. The van der Waals surface area contributed by atoms with Crippen LogP contribution in [0.5, 0.6) is 0 Å². The van der Waals surface area contributed by atoms with Crippen LogP contribution in [0.1, 0.15) is 44.7 Å². The molecule has 0 saturated carbocycles. The second kappa shape index (κ2) is 5.59. The predicted octanol–water partition coefficient (Wildman–Crippen LogP) is 4.21. The smallest absolute Gasteiger partial charge is 0.122 e. The lowest BCUT2D eigenvalue weighted by molar-refractivity contribution is 0.297. The third-order valence-electron chi connectivity index (χ3n) is 2.42. The van der Waals surface area contributed by atoms with Gasteiger partial charge in [-0.2, -0.15) is 0 Å². The van der Waals surface area contributed by atoms with Crippen LogP contribution in [0, 0.1) is 0 Å². The summed E-state index contributed by atoms with van der Waals surface area (Å²) in [4.78, 5) is 0. The molecule has 1 rings (SSSR count). The molecule has 0 aliphatic carbocycles. The topological polar surface area (TPSA) is 9.23 Å². The van der Waals surface area contributed by atoms with Crippen LogP contribution in [0.25, 0.3) is 5.76 Å². The van der Waals surface area contributed by atoms with E-state index in [0.29, 0.717) is 12.5 Å². The van der Waals surface area contributed by atoms with Gasteiger partial charge in [0, 0.05) is 5.56 Å². The molecule has 0 N–H and O–H groups in total. The van der Waals surface area contributed by atoms with Crippen molar-refractivity contribution in [3.63, 3.8) is 0 Å². The van der Waals surface area contributed by atoms with Gasteiger partial charge in [0.2, 0.25) is 0 Å². The van der Waals surface area contributed by atoms with Crippen molar-refractivity contribution in [1.82, 2.24) is 0 Å². The first kappa shape index (κ1) is 11.8. The number of rotatable bonds is 4. The molecule has 0 spiro atoms. The van der Waals surface area contributed by atoms with Gasteiger partial charge in [0.1, 0.15) is 5.76 Å². The zero-order chi connectivity index (χ0) is 11.3. The predicted molar refractivity (Wildman–Crippen MR) is 65.8 cm³/mol. The average molecular weight is 204 g/mol. The van der Waals surface area contributed by atoms with Crippen molar-refractivity contribution >= 4 is 5.76 Å². The highest BCUT2D eigenvalue weighted by Crippen LogP contribution is 2.20. The highest BCUT2D eigenvalue weighted by Gasteiger charge is 2.02. The van der Waals surface area contributed by atoms with E-state index in [-0.39, 0.29) is 0 Å². The maximum Gasteiger partial charge on any atom is 0.122 e. The van der Waals surface area contributed by atoms with Gasteiger partial charge in [-0.1, -0.05) is 38.1 Å². The summed E-state index contributed by atoms with van der Waals surface area (Å²) in [5, 5.41) is 0. The minimum atomic E-state index is 0.584. The van der Waals surface area contributed by atoms with Crippen LogP contribution in [-0.2, 0) is 4.74 Å². The minimum absolute atomic E-state index is 0.584. The Morgan fingerprint density at radius 2 is 1.87 bits per heavy atom. The first-order chi connectivity index (χ1) is 7.19. The first-order valence-corrected chi connectivity index (χ1v) is 5.58. The van der Waals surface area contributed by atoms with E-state index in [4.69, 9.17) is 4.74 Å². The number of benzene rings is 1. The standard InChI is InChI=1S/C14H20O/c1-5-14(15-6-2)13-9-7-12(8-10-13)11(3)4/h5,7-11H,6H2,1-4H3/b14-5+. The molecular formula is C14H20O. The van der Waals surface area contributed by atoms with Crippen molar-refractivity contribution < 1.29 is 4.74 Å². The van der Waals surface area contributed by atoms with Gasteiger partial charge in [-0.15, -0.1) is 0 Å². The van der Waals surface area contributed by atoms with Crippen LogP contribution >= 0.6 is 0 Å². The van der Waals surface area contributed by atoms with Crippen molar-refractivity contribution in [1.29, 1.82) is 0 Å². The zero-order valence-electron chi connectivity index (χ0n) is 10.1. The summed E-state index contributed by atoms with van der Waals surface area (Å²) in [5.74, 6) is 1.55. The second-order valence-corrected chi connectivity index (χ2v) is 3.86. The molecule has 0 amide bonds. The average Bonchev–Trinajstić information content (AvgIpc) is 2.26. The van der Waals surface area contributed by atoms with E-state index in [1.165, 1.54) is 5.56 Å². The molecule has 1 heteroatoms. The normalized spacial score (nSPS) is 11.9. The molecule has 82 valence electrons. The Morgan fingerprint density at radius 3 is 2.27 bits per heavy atom. The molecule has 0 bridgehead atoms. The Morgan fingerprint density at radius 1 is 1.27 bits per heavy atom. The van der Waals surface area contributed by atoms with Crippen molar-refractivity contribution in [2.24, 2.45) is 0 Å². The van der Waals surface area contributed by atoms with E-state index in [9.17, 15) is 0 Å². The third-order valence-corrected chi connectivity index (χ3v) is 2.42. The summed E-state index contributed by atoms with van der Waals surface area (Å²) >= 11 is 0. The van der Waals surface area contributed by atoms with Crippen molar-refractivity contribution in [3.05, 3.63) is 41.5 Å². The fourth-order valence-corrected chi connectivity index (χ4v) is 1.52. The monoisotopic (exact) mass is 204 g/mol. The lowest BCUT2D eigenvalue weighted by Crippen LogP contribution is -1.93. The third kappa shape index (κ3) is 3.12. The van der Waals surface area contributed by atoms with E-state index in [0.717, 1.165) is 11.3 Å². The van der Waals surface area contributed by atoms with Gasteiger partial charge in [-0.3, -0.25) is 0 Å². The van der Waals surface area contributed by atoms with Crippen LogP contribution in [0.4, 0.5) is 0 Å². The molecule has 0 aliphatic rings. The van der Waals surface area contributed by atoms with Gasteiger partial charge in [-0.05, 0) is 31.4 Å². The summed E-state index contributed by atoms with van der Waals surface area (Å²) in [6.45, 7) is 9.13. The maximum absolute atomic E-state index is 5.54. The molecule has 0 saturated heterocycles. The van der Waals surface area contributed by atoms with Crippen LogP contribution in [-0.4, -0.2) is 6.61 Å². The SMILES string of the molecule is C/C=C(/OCC)c1ccc(C(C)C)cc1. The van der Waals surface area contributed by atoms with Crippen LogP contribution in [0.15, 0.2) is 30.3 Å². The Labute approximate surface area is 92.8 Å². The van der Waals surface area contributed by atoms with Crippen LogP contribution in [0.3, 0.4) is 0 Å². The number of allylic oxidation sites excluding steroid dienone is 1. The lowest BCUT2D eigenvalue weighted by atomic mass is 10.0. The molecule has 1 aromatic rings. The van der Waals surface area contributed by atoms with E-state index in [2.05, 4.69) is 38.1 Å². The molecule has 15 heavy (non-hydrogen) atoms. The molecule has 0 unspecified atom stereocenters.